The largest absolute Gasteiger partial charge is 0.482 e. The number of para-hydroxylation sites is 1. The summed E-state index contributed by atoms with van der Waals surface area (Å²) in [5.74, 6) is -0.215. The summed E-state index contributed by atoms with van der Waals surface area (Å²) in [6.45, 7) is 1.52. The number of carbonyl (C=O) groups excluding carboxylic acids is 2. The molecule has 86 valence electrons. The molecule has 0 heterocycles. The van der Waals surface area contributed by atoms with Gasteiger partial charge in [0.15, 0.2) is 6.61 Å². The predicted octanol–water partition coefficient (Wildman–Crippen LogP) is 0.151. The molecule has 0 atom stereocenters. The summed E-state index contributed by atoms with van der Waals surface area (Å²) in [5.41, 5.74) is 11.8. The first kappa shape index (κ1) is 11.8. The number of carbonyl (C=O) groups is 2. The Labute approximate surface area is 92.6 Å². The molecule has 1 aromatic rings. The van der Waals surface area contributed by atoms with Gasteiger partial charge in [0.25, 0.3) is 5.91 Å². The van der Waals surface area contributed by atoms with Crippen LogP contribution in [-0.4, -0.2) is 18.5 Å². The van der Waals surface area contributed by atoms with E-state index in [1.165, 1.54) is 0 Å². The number of hydrogen-bond acceptors (Lipinski definition) is 4. The Kier molecular flexibility index (Phi) is 3.71. The second-order valence-electron chi connectivity index (χ2n) is 3.19. The van der Waals surface area contributed by atoms with Gasteiger partial charge in [-0.3, -0.25) is 10.1 Å². The fraction of sp³-hybridized carbons (Fsp3) is 0.200. The van der Waals surface area contributed by atoms with Crippen LogP contribution in [0.2, 0.25) is 0 Å². The van der Waals surface area contributed by atoms with Crippen molar-refractivity contribution < 1.29 is 14.3 Å². The number of aryl methyl sites for hydroxylation is 1. The van der Waals surface area contributed by atoms with Gasteiger partial charge >= 0.3 is 6.03 Å². The van der Waals surface area contributed by atoms with Crippen LogP contribution in [0.15, 0.2) is 18.2 Å². The summed E-state index contributed by atoms with van der Waals surface area (Å²) < 4.78 is 5.14. The van der Waals surface area contributed by atoms with Crippen molar-refractivity contribution in [3.05, 3.63) is 23.8 Å². The number of anilines is 1. The van der Waals surface area contributed by atoms with Gasteiger partial charge in [0.05, 0.1) is 5.69 Å². The molecule has 16 heavy (non-hydrogen) atoms. The van der Waals surface area contributed by atoms with Gasteiger partial charge in [-0.2, -0.15) is 0 Å². The highest BCUT2D eigenvalue weighted by atomic mass is 16.5. The van der Waals surface area contributed by atoms with Crippen LogP contribution in [-0.2, 0) is 4.79 Å². The zero-order valence-corrected chi connectivity index (χ0v) is 8.82. The van der Waals surface area contributed by atoms with Crippen molar-refractivity contribution >= 4 is 17.6 Å². The maximum Gasteiger partial charge on any atom is 0.318 e. The maximum atomic E-state index is 11.0. The van der Waals surface area contributed by atoms with Crippen molar-refractivity contribution in [1.82, 2.24) is 5.32 Å². The number of ether oxygens (including phenoxy) is 1. The van der Waals surface area contributed by atoms with Crippen LogP contribution in [0.25, 0.3) is 0 Å². The molecule has 0 aromatic heterocycles. The van der Waals surface area contributed by atoms with E-state index in [4.69, 9.17) is 16.2 Å². The van der Waals surface area contributed by atoms with E-state index in [9.17, 15) is 9.59 Å². The van der Waals surface area contributed by atoms with E-state index in [1.54, 1.807) is 12.1 Å². The number of imide groups is 1. The molecule has 0 aliphatic rings. The average molecular weight is 223 g/mol. The molecule has 6 heteroatoms. The average Bonchev–Trinajstić information content (AvgIpc) is 2.19. The molecule has 5 N–H and O–H groups in total. The molecule has 0 saturated heterocycles. The number of nitrogen functional groups attached to an aromatic ring is 1. The van der Waals surface area contributed by atoms with Crippen molar-refractivity contribution in [3.63, 3.8) is 0 Å². The van der Waals surface area contributed by atoms with Crippen molar-refractivity contribution in [1.29, 1.82) is 0 Å². The summed E-state index contributed by atoms with van der Waals surface area (Å²) in [5, 5.41) is 1.88. The molecule has 0 bridgehead atoms. The van der Waals surface area contributed by atoms with E-state index in [2.05, 4.69) is 0 Å². The van der Waals surface area contributed by atoms with Gasteiger partial charge in [0.2, 0.25) is 0 Å². The van der Waals surface area contributed by atoms with Gasteiger partial charge < -0.3 is 16.2 Å². The summed E-state index contributed by atoms with van der Waals surface area (Å²) in [6.07, 6.45) is 0. The van der Waals surface area contributed by atoms with Crippen LogP contribution in [0.3, 0.4) is 0 Å². The summed E-state index contributed by atoms with van der Waals surface area (Å²) in [4.78, 5) is 21.4. The number of urea groups is 1. The van der Waals surface area contributed by atoms with E-state index in [-0.39, 0.29) is 6.61 Å². The SMILES string of the molecule is Cc1cccc(OCC(=O)NC(N)=O)c1N. The fourth-order valence-corrected chi connectivity index (χ4v) is 1.10. The van der Waals surface area contributed by atoms with Crippen molar-refractivity contribution in [3.8, 4) is 5.75 Å². The van der Waals surface area contributed by atoms with E-state index >= 15 is 0 Å². The molecule has 0 fully saturated rings. The Balaban J connectivity index is 2.58. The number of amides is 3. The number of benzene rings is 1. The van der Waals surface area contributed by atoms with E-state index in [0.717, 1.165) is 5.56 Å². The highest BCUT2D eigenvalue weighted by Crippen LogP contribution is 2.23. The molecular formula is C10H13N3O3. The van der Waals surface area contributed by atoms with E-state index in [1.807, 2.05) is 18.3 Å². The third-order valence-corrected chi connectivity index (χ3v) is 1.91. The zero-order chi connectivity index (χ0) is 12.1. The van der Waals surface area contributed by atoms with E-state index in [0.29, 0.717) is 11.4 Å². The highest BCUT2D eigenvalue weighted by Gasteiger charge is 2.07. The molecule has 0 saturated carbocycles. The van der Waals surface area contributed by atoms with Gasteiger partial charge in [-0.15, -0.1) is 0 Å². The Morgan fingerprint density at radius 1 is 1.44 bits per heavy atom. The number of hydrogen-bond donors (Lipinski definition) is 3. The number of nitrogens with one attached hydrogen (secondary N) is 1. The lowest BCUT2D eigenvalue weighted by molar-refractivity contribution is -0.121. The predicted molar refractivity (Wildman–Crippen MR) is 58.8 cm³/mol. The Morgan fingerprint density at radius 3 is 2.75 bits per heavy atom. The molecule has 6 nitrogen and oxygen atoms in total. The normalized spacial score (nSPS) is 9.56. The zero-order valence-electron chi connectivity index (χ0n) is 8.82. The van der Waals surface area contributed by atoms with Gasteiger partial charge in [-0.1, -0.05) is 12.1 Å². The van der Waals surface area contributed by atoms with Gasteiger partial charge in [-0.05, 0) is 18.6 Å². The molecule has 0 aliphatic heterocycles. The van der Waals surface area contributed by atoms with Gasteiger partial charge in [0.1, 0.15) is 5.75 Å². The summed E-state index contributed by atoms with van der Waals surface area (Å²) in [7, 11) is 0. The molecular weight excluding hydrogens is 210 g/mol. The van der Waals surface area contributed by atoms with Crippen LogP contribution in [0.5, 0.6) is 5.75 Å². The Bertz CT molecular complexity index is 418. The van der Waals surface area contributed by atoms with E-state index < -0.39 is 11.9 Å². The number of nitrogens with two attached hydrogens (primary N) is 2. The molecule has 0 spiro atoms. The lowest BCUT2D eigenvalue weighted by atomic mass is 10.2. The second kappa shape index (κ2) is 5.01. The molecule has 0 unspecified atom stereocenters. The maximum absolute atomic E-state index is 11.0. The standard InChI is InChI=1S/C10H13N3O3/c1-6-3-2-4-7(9(6)11)16-5-8(14)13-10(12)15/h2-4H,5,11H2,1H3,(H3,12,13,14,15). The lowest BCUT2D eigenvalue weighted by Gasteiger charge is -2.09. The van der Waals surface area contributed by atoms with Crippen molar-refractivity contribution in [2.75, 3.05) is 12.3 Å². The van der Waals surface area contributed by atoms with Crippen molar-refractivity contribution in [2.24, 2.45) is 5.73 Å². The second-order valence-corrected chi connectivity index (χ2v) is 3.19. The summed E-state index contributed by atoms with van der Waals surface area (Å²) in [6, 6.07) is 4.31. The minimum absolute atomic E-state index is 0.309. The van der Waals surface area contributed by atoms with Crippen molar-refractivity contribution in [2.45, 2.75) is 6.92 Å². The first-order chi connectivity index (χ1) is 7.50. The van der Waals surface area contributed by atoms with Crippen LogP contribution < -0.4 is 21.5 Å². The smallest absolute Gasteiger partial charge is 0.318 e. The fourth-order valence-electron chi connectivity index (χ4n) is 1.10. The first-order valence-electron chi connectivity index (χ1n) is 4.58. The number of rotatable bonds is 3. The molecule has 0 aliphatic carbocycles. The Hall–Kier alpha value is -2.24. The minimum Gasteiger partial charge on any atom is -0.482 e. The van der Waals surface area contributed by atoms with Crippen LogP contribution in [0.1, 0.15) is 5.56 Å². The quantitative estimate of drug-likeness (QED) is 0.634. The lowest BCUT2D eigenvalue weighted by Crippen LogP contribution is -2.38. The topological polar surface area (TPSA) is 107 Å². The molecule has 0 radical (unpaired) electrons. The first-order valence-corrected chi connectivity index (χ1v) is 4.58. The highest BCUT2D eigenvalue weighted by molar-refractivity contribution is 5.94. The number of primary amides is 1. The minimum atomic E-state index is -0.911. The van der Waals surface area contributed by atoms with Crippen LogP contribution in [0, 0.1) is 6.92 Å². The van der Waals surface area contributed by atoms with Gasteiger partial charge in [-0.25, -0.2) is 4.79 Å². The Morgan fingerprint density at radius 2 is 2.12 bits per heavy atom. The molecule has 1 aromatic carbocycles. The van der Waals surface area contributed by atoms with Crippen LogP contribution >= 0.6 is 0 Å². The van der Waals surface area contributed by atoms with Gasteiger partial charge in [0, 0.05) is 0 Å². The monoisotopic (exact) mass is 223 g/mol. The molecule has 1 rings (SSSR count). The molecule has 3 amide bonds. The third kappa shape index (κ3) is 3.16. The van der Waals surface area contributed by atoms with Crippen LogP contribution in [0.4, 0.5) is 10.5 Å². The third-order valence-electron chi connectivity index (χ3n) is 1.91. The summed E-state index contributed by atoms with van der Waals surface area (Å²) >= 11 is 0.